The van der Waals surface area contributed by atoms with Crippen LogP contribution in [0.3, 0.4) is 0 Å². The summed E-state index contributed by atoms with van der Waals surface area (Å²) in [4.78, 5) is 0. The van der Waals surface area contributed by atoms with Crippen LogP contribution < -0.4 is 10.5 Å². The van der Waals surface area contributed by atoms with Gasteiger partial charge >= 0.3 is 0 Å². The minimum absolute atomic E-state index is 0.382. The molecule has 0 amide bonds. The molecule has 0 spiro atoms. The van der Waals surface area contributed by atoms with Crippen molar-refractivity contribution in [2.24, 2.45) is 5.73 Å². The Kier molecular flexibility index (Phi) is 2.07. The number of hydrogen-bond donors (Lipinski definition) is 1. The predicted molar refractivity (Wildman–Crippen MR) is 51.4 cm³/mol. The third kappa shape index (κ3) is 1.23. The molecule has 1 aliphatic rings. The van der Waals surface area contributed by atoms with E-state index in [9.17, 15) is 0 Å². The third-order valence-corrected chi connectivity index (χ3v) is 2.63. The van der Waals surface area contributed by atoms with Crippen LogP contribution in [0.5, 0.6) is 5.75 Å². The molecule has 12 heavy (non-hydrogen) atoms. The van der Waals surface area contributed by atoms with Gasteiger partial charge in [0.2, 0.25) is 0 Å². The molecular weight excluding hydrogens is 218 g/mol. The standard InChI is InChI=1S/C9H10BrNO/c10-7-1-2-8-6(4-11)5-12-9(8)3-7/h1-3,6H,4-5,11H2. The second-order valence-electron chi connectivity index (χ2n) is 2.93. The van der Waals surface area contributed by atoms with Crippen molar-refractivity contribution in [3.63, 3.8) is 0 Å². The minimum atomic E-state index is 0.382. The van der Waals surface area contributed by atoms with Gasteiger partial charge in [-0.25, -0.2) is 0 Å². The van der Waals surface area contributed by atoms with Crippen LogP contribution in [0.25, 0.3) is 0 Å². The lowest BCUT2D eigenvalue weighted by Gasteiger charge is -2.02. The zero-order chi connectivity index (χ0) is 8.55. The zero-order valence-corrected chi connectivity index (χ0v) is 8.17. The first-order valence-electron chi connectivity index (χ1n) is 3.93. The van der Waals surface area contributed by atoms with Gasteiger partial charge in [0.25, 0.3) is 0 Å². The molecule has 0 aromatic heterocycles. The van der Waals surface area contributed by atoms with Gasteiger partial charge in [0.1, 0.15) is 5.75 Å². The quantitative estimate of drug-likeness (QED) is 0.796. The average molecular weight is 228 g/mol. The maximum Gasteiger partial charge on any atom is 0.124 e. The van der Waals surface area contributed by atoms with Gasteiger partial charge in [0.05, 0.1) is 6.61 Å². The lowest BCUT2D eigenvalue weighted by molar-refractivity contribution is 0.332. The van der Waals surface area contributed by atoms with Crippen LogP contribution in [-0.4, -0.2) is 13.2 Å². The first-order chi connectivity index (χ1) is 5.81. The second kappa shape index (κ2) is 3.07. The van der Waals surface area contributed by atoms with Gasteiger partial charge in [-0.1, -0.05) is 22.0 Å². The molecule has 0 radical (unpaired) electrons. The van der Waals surface area contributed by atoms with Crippen LogP contribution in [0.15, 0.2) is 22.7 Å². The van der Waals surface area contributed by atoms with Crippen LogP contribution in [0.2, 0.25) is 0 Å². The highest BCUT2D eigenvalue weighted by Gasteiger charge is 2.22. The average Bonchev–Trinajstić information content (AvgIpc) is 2.46. The molecule has 3 heteroatoms. The molecule has 2 rings (SSSR count). The van der Waals surface area contributed by atoms with E-state index in [0.717, 1.165) is 16.8 Å². The highest BCUT2D eigenvalue weighted by molar-refractivity contribution is 9.10. The van der Waals surface area contributed by atoms with Crippen molar-refractivity contribution < 1.29 is 4.74 Å². The smallest absolute Gasteiger partial charge is 0.124 e. The molecule has 1 heterocycles. The van der Waals surface area contributed by atoms with Crippen molar-refractivity contribution in [3.8, 4) is 5.75 Å². The topological polar surface area (TPSA) is 35.2 Å². The van der Waals surface area contributed by atoms with E-state index >= 15 is 0 Å². The minimum Gasteiger partial charge on any atom is -0.493 e. The van der Waals surface area contributed by atoms with E-state index in [0.29, 0.717) is 12.5 Å². The van der Waals surface area contributed by atoms with E-state index in [-0.39, 0.29) is 0 Å². The normalized spacial score (nSPS) is 20.3. The van der Waals surface area contributed by atoms with E-state index in [1.165, 1.54) is 5.56 Å². The Morgan fingerprint density at radius 1 is 1.58 bits per heavy atom. The van der Waals surface area contributed by atoms with Crippen molar-refractivity contribution in [2.45, 2.75) is 5.92 Å². The van der Waals surface area contributed by atoms with Gasteiger partial charge in [-0.15, -0.1) is 0 Å². The van der Waals surface area contributed by atoms with Crippen LogP contribution in [0.1, 0.15) is 11.5 Å². The number of nitrogens with two attached hydrogens (primary N) is 1. The Bertz CT molecular complexity index is 301. The zero-order valence-electron chi connectivity index (χ0n) is 6.59. The molecular formula is C9H10BrNO. The van der Waals surface area contributed by atoms with Crippen LogP contribution in [0, 0.1) is 0 Å². The van der Waals surface area contributed by atoms with Gasteiger partial charge in [-0.2, -0.15) is 0 Å². The molecule has 1 aliphatic heterocycles. The van der Waals surface area contributed by atoms with Gasteiger partial charge in [0.15, 0.2) is 0 Å². The SMILES string of the molecule is NCC1COc2cc(Br)ccc21. The Morgan fingerprint density at radius 2 is 2.42 bits per heavy atom. The summed E-state index contributed by atoms with van der Waals surface area (Å²) in [5, 5.41) is 0. The first kappa shape index (κ1) is 8.08. The van der Waals surface area contributed by atoms with E-state index in [2.05, 4.69) is 22.0 Å². The van der Waals surface area contributed by atoms with Gasteiger partial charge in [0, 0.05) is 22.5 Å². The molecule has 2 nitrogen and oxygen atoms in total. The second-order valence-corrected chi connectivity index (χ2v) is 3.84. The summed E-state index contributed by atoms with van der Waals surface area (Å²) in [6.45, 7) is 1.39. The highest BCUT2D eigenvalue weighted by atomic mass is 79.9. The number of rotatable bonds is 1. The molecule has 0 saturated carbocycles. The molecule has 1 atom stereocenters. The molecule has 2 N–H and O–H groups in total. The van der Waals surface area contributed by atoms with Crippen molar-refractivity contribution >= 4 is 15.9 Å². The highest BCUT2D eigenvalue weighted by Crippen LogP contribution is 2.34. The third-order valence-electron chi connectivity index (χ3n) is 2.14. The fourth-order valence-corrected chi connectivity index (χ4v) is 1.79. The van der Waals surface area contributed by atoms with Gasteiger partial charge < -0.3 is 10.5 Å². The van der Waals surface area contributed by atoms with Crippen molar-refractivity contribution in [1.82, 2.24) is 0 Å². The Balaban J connectivity index is 2.40. The van der Waals surface area contributed by atoms with Crippen molar-refractivity contribution in [1.29, 1.82) is 0 Å². The maximum atomic E-state index is 5.59. The summed E-state index contributed by atoms with van der Waals surface area (Å²) in [6, 6.07) is 6.09. The fraction of sp³-hybridized carbons (Fsp3) is 0.333. The summed E-state index contributed by atoms with van der Waals surface area (Å²) in [5.74, 6) is 1.35. The Hall–Kier alpha value is -0.540. The summed E-state index contributed by atoms with van der Waals surface area (Å²) in [5.41, 5.74) is 6.83. The summed E-state index contributed by atoms with van der Waals surface area (Å²) < 4.78 is 6.53. The first-order valence-corrected chi connectivity index (χ1v) is 4.73. The summed E-state index contributed by atoms with van der Waals surface area (Å²) >= 11 is 3.40. The molecule has 1 unspecified atom stereocenters. The Labute approximate surface area is 79.8 Å². The molecule has 1 aromatic carbocycles. The number of ether oxygens (including phenoxy) is 1. The van der Waals surface area contributed by atoms with Crippen LogP contribution >= 0.6 is 15.9 Å². The number of hydrogen-bond acceptors (Lipinski definition) is 2. The van der Waals surface area contributed by atoms with E-state index in [1.807, 2.05) is 12.1 Å². The number of halogens is 1. The maximum absolute atomic E-state index is 5.59. The number of fused-ring (bicyclic) bond motifs is 1. The predicted octanol–water partition coefficient (Wildman–Crippen LogP) is 1.88. The molecule has 64 valence electrons. The monoisotopic (exact) mass is 227 g/mol. The summed E-state index contributed by atoms with van der Waals surface area (Å²) in [7, 11) is 0. The molecule has 0 saturated heterocycles. The molecule has 0 bridgehead atoms. The van der Waals surface area contributed by atoms with Crippen LogP contribution in [0.4, 0.5) is 0 Å². The summed E-state index contributed by atoms with van der Waals surface area (Å²) in [6.07, 6.45) is 0. The van der Waals surface area contributed by atoms with Crippen molar-refractivity contribution in [2.75, 3.05) is 13.2 Å². The Morgan fingerprint density at radius 3 is 3.17 bits per heavy atom. The lowest BCUT2D eigenvalue weighted by Crippen LogP contribution is -2.13. The largest absolute Gasteiger partial charge is 0.493 e. The number of benzene rings is 1. The van der Waals surface area contributed by atoms with Crippen molar-refractivity contribution in [3.05, 3.63) is 28.2 Å². The van der Waals surface area contributed by atoms with E-state index in [4.69, 9.17) is 10.5 Å². The van der Waals surface area contributed by atoms with E-state index < -0.39 is 0 Å². The van der Waals surface area contributed by atoms with Gasteiger partial charge in [-0.05, 0) is 12.1 Å². The molecule has 1 aromatic rings. The fourth-order valence-electron chi connectivity index (χ4n) is 1.45. The molecule has 0 aliphatic carbocycles. The van der Waals surface area contributed by atoms with E-state index in [1.54, 1.807) is 0 Å². The van der Waals surface area contributed by atoms with Gasteiger partial charge in [-0.3, -0.25) is 0 Å². The molecule has 0 fully saturated rings. The lowest BCUT2D eigenvalue weighted by atomic mass is 10.0. The van der Waals surface area contributed by atoms with Crippen LogP contribution in [-0.2, 0) is 0 Å².